The van der Waals surface area contributed by atoms with Crippen molar-refractivity contribution in [3.63, 3.8) is 0 Å². The van der Waals surface area contributed by atoms with Gasteiger partial charge in [0.15, 0.2) is 0 Å². The van der Waals surface area contributed by atoms with Crippen LogP contribution in [0, 0.1) is 0 Å². The summed E-state index contributed by atoms with van der Waals surface area (Å²) in [5.41, 5.74) is 10.4. The van der Waals surface area contributed by atoms with E-state index in [1.54, 1.807) is 6.20 Å². The number of nitrogens with zero attached hydrogens (tertiary/aromatic N) is 2. The second kappa shape index (κ2) is 6.22. The van der Waals surface area contributed by atoms with Crippen molar-refractivity contribution < 1.29 is 0 Å². The van der Waals surface area contributed by atoms with Crippen LogP contribution in [0.3, 0.4) is 0 Å². The zero-order valence-corrected chi connectivity index (χ0v) is 12.8. The summed E-state index contributed by atoms with van der Waals surface area (Å²) in [6.45, 7) is 1.96. The first-order chi connectivity index (χ1) is 10.2. The third kappa shape index (κ3) is 3.22. The van der Waals surface area contributed by atoms with Gasteiger partial charge in [-0.15, -0.1) is 0 Å². The lowest BCUT2D eigenvalue weighted by Gasteiger charge is -2.25. The van der Waals surface area contributed by atoms with Crippen LogP contribution in [0.25, 0.3) is 0 Å². The molecular formula is C17H19N3S. The van der Waals surface area contributed by atoms with Gasteiger partial charge in [0.1, 0.15) is 4.99 Å². The van der Waals surface area contributed by atoms with Crippen LogP contribution in [0.15, 0.2) is 42.6 Å². The molecule has 1 aliphatic rings. The molecule has 2 N–H and O–H groups in total. The third-order valence-corrected chi connectivity index (χ3v) is 4.12. The SMILES string of the molecule is NC(=S)c1cc(CN2CCCCc3ccccc32)ccn1. The van der Waals surface area contributed by atoms with Crippen molar-refractivity contribution in [3.8, 4) is 0 Å². The smallest absolute Gasteiger partial charge is 0.122 e. The molecule has 0 bridgehead atoms. The summed E-state index contributed by atoms with van der Waals surface area (Å²) in [6.07, 6.45) is 5.43. The highest BCUT2D eigenvalue weighted by Gasteiger charge is 2.15. The lowest BCUT2D eigenvalue weighted by molar-refractivity contribution is 0.714. The van der Waals surface area contributed by atoms with E-state index in [1.165, 1.54) is 36.1 Å². The molecule has 0 atom stereocenters. The van der Waals surface area contributed by atoms with Crippen LogP contribution >= 0.6 is 12.2 Å². The predicted molar refractivity (Wildman–Crippen MR) is 90.6 cm³/mol. The maximum absolute atomic E-state index is 5.67. The van der Waals surface area contributed by atoms with Crippen LogP contribution in [0.5, 0.6) is 0 Å². The highest BCUT2D eigenvalue weighted by molar-refractivity contribution is 7.80. The van der Waals surface area contributed by atoms with Gasteiger partial charge in [-0.1, -0.05) is 30.4 Å². The van der Waals surface area contributed by atoms with Gasteiger partial charge in [0.25, 0.3) is 0 Å². The Morgan fingerprint density at radius 1 is 1.24 bits per heavy atom. The van der Waals surface area contributed by atoms with Crippen molar-refractivity contribution in [2.24, 2.45) is 5.73 Å². The zero-order valence-electron chi connectivity index (χ0n) is 12.0. The fraction of sp³-hybridized carbons (Fsp3) is 0.294. The summed E-state index contributed by atoms with van der Waals surface area (Å²) in [5, 5.41) is 0. The summed E-state index contributed by atoms with van der Waals surface area (Å²) in [4.78, 5) is 7.01. The van der Waals surface area contributed by atoms with Gasteiger partial charge in [-0.3, -0.25) is 4.98 Å². The fourth-order valence-electron chi connectivity index (χ4n) is 2.86. The van der Waals surface area contributed by atoms with Crippen molar-refractivity contribution >= 4 is 22.9 Å². The molecule has 0 spiro atoms. The monoisotopic (exact) mass is 297 g/mol. The molecule has 1 aromatic carbocycles. The van der Waals surface area contributed by atoms with E-state index in [2.05, 4.69) is 34.1 Å². The Morgan fingerprint density at radius 3 is 2.95 bits per heavy atom. The topological polar surface area (TPSA) is 42.1 Å². The molecule has 0 fully saturated rings. The molecule has 3 nitrogen and oxygen atoms in total. The van der Waals surface area contributed by atoms with Gasteiger partial charge in [-0.25, -0.2) is 0 Å². The molecule has 108 valence electrons. The van der Waals surface area contributed by atoms with Gasteiger partial charge in [-0.05, 0) is 48.6 Å². The van der Waals surface area contributed by atoms with E-state index in [4.69, 9.17) is 18.0 Å². The standard InChI is InChI=1S/C17H19N3S/c18-17(21)15-11-13(8-9-19-15)12-20-10-4-3-6-14-5-1-2-7-16(14)20/h1-2,5,7-9,11H,3-4,6,10,12H2,(H2,18,21). The van der Waals surface area contributed by atoms with E-state index in [0.717, 1.165) is 13.1 Å². The summed E-state index contributed by atoms with van der Waals surface area (Å²) < 4.78 is 0. The molecule has 0 saturated carbocycles. The molecule has 0 saturated heterocycles. The molecule has 0 unspecified atom stereocenters. The first kappa shape index (κ1) is 14.0. The van der Waals surface area contributed by atoms with Crippen molar-refractivity contribution in [1.29, 1.82) is 0 Å². The number of hydrogen-bond donors (Lipinski definition) is 1. The third-order valence-electron chi connectivity index (χ3n) is 3.91. The lowest BCUT2D eigenvalue weighted by atomic mass is 10.1. The Morgan fingerprint density at radius 2 is 2.10 bits per heavy atom. The van der Waals surface area contributed by atoms with Gasteiger partial charge in [-0.2, -0.15) is 0 Å². The normalized spacial score (nSPS) is 14.4. The van der Waals surface area contributed by atoms with Crippen LogP contribution in [0.2, 0.25) is 0 Å². The van der Waals surface area contributed by atoms with Gasteiger partial charge in [0.05, 0.1) is 5.69 Å². The van der Waals surface area contributed by atoms with E-state index in [1.807, 2.05) is 12.1 Å². The number of aryl methyl sites for hydroxylation is 1. The van der Waals surface area contributed by atoms with Gasteiger partial charge >= 0.3 is 0 Å². The van der Waals surface area contributed by atoms with E-state index < -0.39 is 0 Å². The van der Waals surface area contributed by atoms with Crippen molar-refractivity contribution in [3.05, 3.63) is 59.4 Å². The van der Waals surface area contributed by atoms with Crippen LogP contribution in [0.4, 0.5) is 5.69 Å². The highest BCUT2D eigenvalue weighted by atomic mass is 32.1. The average molecular weight is 297 g/mol. The van der Waals surface area contributed by atoms with Crippen LogP contribution in [-0.2, 0) is 13.0 Å². The second-order valence-electron chi connectivity index (χ2n) is 5.42. The molecule has 4 heteroatoms. The summed E-state index contributed by atoms with van der Waals surface area (Å²) in [5.74, 6) is 0. The number of para-hydroxylation sites is 1. The number of aromatic nitrogens is 1. The highest BCUT2D eigenvalue weighted by Crippen LogP contribution is 2.27. The van der Waals surface area contributed by atoms with Gasteiger partial charge < -0.3 is 10.6 Å². The Kier molecular flexibility index (Phi) is 4.15. The first-order valence-electron chi connectivity index (χ1n) is 7.31. The molecule has 0 aliphatic carbocycles. The maximum atomic E-state index is 5.67. The molecule has 2 heterocycles. The number of pyridine rings is 1. The molecular weight excluding hydrogens is 278 g/mol. The zero-order chi connectivity index (χ0) is 14.7. The number of thiocarbonyl (C=S) groups is 1. The number of anilines is 1. The Labute approximate surface area is 130 Å². The van der Waals surface area contributed by atoms with Crippen LogP contribution in [-0.4, -0.2) is 16.5 Å². The van der Waals surface area contributed by atoms with Crippen molar-refractivity contribution in [2.45, 2.75) is 25.8 Å². The first-order valence-corrected chi connectivity index (χ1v) is 7.72. The van der Waals surface area contributed by atoms with E-state index in [-0.39, 0.29) is 0 Å². The minimum atomic E-state index is 0.355. The quantitative estimate of drug-likeness (QED) is 0.884. The molecule has 1 aromatic heterocycles. The molecule has 2 aromatic rings. The van der Waals surface area contributed by atoms with Gasteiger partial charge in [0, 0.05) is 25.0 Å². The summed E-state index contributed by atoms with van der Waals surface area (Å²) >= 11 is 5.01. The number of benzene rings is 1. The van der Waals surface area contributed by atoms with Crippen LogP contribution in [0.1, 0.15) is 29.7 Å². The number of hydrogen-bond acceptors (Lipinski definition) is 3. The average Bonchev–Trinajstić information content (AvgIpc) is 2.70. The molecule has 21 heavy (non-hydrogen) atoms. The largest absolute Gasteiger partial charge is 0.388 e. The van der Waals surface area contributed by atoms with Gasteiger partial charge in [0.2, 0.25) is 0 Å². The number of rotatable bonds is 3. The maximum Gasteiger partial charge on any atom is 0.122 e. The molecule has 3 rings (SSSR count). The minimum Gasteiger partial charge on any atom is -0.388 e. The summed E-state index contributed by atoms with van der Waals surface area (Å²) in [7, 11) is 0. The molecule has 0 amide bonds. The second-order valence-corrected chi connectivity index (χ2v) is 5.86. The van der Waals surface area contributed by atoms with Crippen molar-refractivity contribution in [2.75, 3.05) is 11.4 Å². The molecule has 0 radical (unpaired) electrons. The lowest BCUT2D eigenvalue weighted by Crippen LogP contribution is -2.24. The fourth-order valence-corrected chi connectivity index (χ4v) is 2.97. The Hall–Kier alpha value is -1.94. The van der Waals surface area contributed by atoms with E-state index in [9.17, 15) is 0 Å². The number of fused-ring (bicyclic) bond motifs is 1. The number of nitrogens with two attached hydrogens (primary N) is 1. The summed E-state index contributed by atoms with van der Waals surface area (Å²) in [6, 6.07) is 12.7. The van der Waals surface area contributed by atoms with E-state index in [0.29, 0.717) is 10.7 Å². The molecule has 1 aliphatic heterocycles. The predicted octanol–water partition coefficient (Wildman–Crippen LogP) is 3.06. The van der Waals surface area contributed by atoms with Crippen molar-refractivity contribution in [1.82, 2.24) is 4.98 Å². The minimum absolute atomic E-state index is 0.355. The van der Waals surface area contributed by atoms with E-state index >= 15 is 0 Å². The Balaban J connectivity index is 1.87. The Bertz CT molecular complexity index is 654. The van der Waals surface area contributed by atoms with Crippen LogP contribution < -0.4 is 10.6 Å².